The van der Waals surface area contributed by atoms with Crippen molar-refractivity contribution in [1.29, 1.82) is 0 Å². The molecule has 0 aromatic heterocycles. The number of halogens is 2. The molecular weight excluding hydrogens is 332 g/mol. The average Bonchev–Trinajstić information content (AvgIpc) is 2.41. The first-order valence-electron chi connectivity index (χ1n) is 6.44. The van der Waals surface area contributed by atoms with Gasteiger partial charge in [-0.15, -0.1) is 11.6 Å². The van der Waals surface area contributed by atoms with E-state index in [0.717, 1.165) is 23.1 Å². The molecule has 5 heteroatoms. The first-order chi connectivity index (χ1) is 9.22. The van der Waals surface area contributed by atoms with E-state index >= 15 is 0 Å². The van der Waals surface area contributed by atoms with E-state index in [1.807, 2.05) is 19.1 Å². The van der Waals surface area contributed by atoms with Gasteiger partial charge in [-0.2, -0.15) is 0 Å². The van der Waals surface area contributed by atoms with Crippen molar-refractivity contribution in [2.45, 2.75) is 26.1 Å². The Morgan fingerprint density at radius 2 is 1.89 bits per heavy atom. The van der Waals surface area contributed by atoms with Gasteiger partial charge in [0, 0.05) is 12.5 Å². The van der Waals surface area contributed by atoms with Crippen LogP contribution >= 0.6 is 27.5 Å². The van der Waals surface area contributed by atoms with E-state index in [1.165, 1.54) is 0 Å². The predicted octanol–water partition coefficient (Wildman–Crippen LogP) is 4.39. The Morgan fingerprint density at radius 1 is 1.11 bits per heavy atom. The maximum absolute atomic E-state index is 5.85. The fraction of sp³-hybridized carbons (Fsp3) is 0.571. The fourth-order valence-corrected chi connectivity index (χ4v) is 2.31. The van der Waals surface area contributed by atoms with Crippen LogP contribution in [0.5, 0.6) is 11.5 Å². The molecule has 0 aliphatic rings. The minimum Gasteiger partial charge on any atom is -0.490 e. The molecule has 0 spiro atoms. The molecule has 0 heterocycles. The van der Waals surface area contributed by atoms with E-state index in [-0.39, 0.29) is 0 Å². The summed E-state index contributed by atoms with van der Waals surface area (Å²) < 4.78 is 17.5. The summed E-state index contributed by atoms with van der Waals surface area (Å²) in [6, 6.07) is 3.85. The summed E-state index contributed by atoms with van der Waals surface area (Å²) in [7, 11) is 0. The number of ether oxygens (including phenoxy) is 3. The fourth-order valence-electron chi connectivity index (χ4n) is 1.55. The molecule has 19 heavy (non-hydrogen) atoms. The van der Waals surface area contributed by atoms with Crippen LogP contribution in [0.15, 0.2) is 16.6 Å². The summed E-state index contributed by atoms with van der Waals surface area (Å²) >= 11 is 9.33. The van der Waals surface area contributed by atoms with E-state index in [4.69, 9.17) is 25.8 Å². The molecule has 1 rings (SSSR count). The minimum absolute atomic E-state index is 0.443. The van der Waals surface area contributed by atoms with E-state index in [0.29, 0.717) is 37.2 Å². The van der Waals surface area contributed by atoms with Crippen molar-refractivity contribution in [2.75, 3.05) is 26.4 Å². The zero-order chi connectivity index (χ0) is 14.1. The van der Waals surface area contributed by atoms with E-state index in [1.54, 1.807) is 0 Å². The van der Waals surface area contributed by atoms with Crippen LogP contribution in [0.1, 0.15) is 25.8 Å². The third-order valence-corrected chi connectivity index (χ3v) is 3.24. The molecule has 0 radical (unpaired) electrons. The van der Waals surface area contributed by atoms with Crippen molar-refractivity contribution in [2.24, 2.45) is 0 Å². The predicted molar refractivity (Wildman–Crippen MR) is 81.5 cm³/mol. The molecule has 3 nitrogen and oxygen atoms in total. The summed E-state index contributed by atoms with van der Waals surface area (Å²) in [6.07, 6.45) is 1.01. The second kappa shape index (κ2) is 9.45. The third-order valence-electron chi connectivity index (χ3n) is 2.35. The average molecular weight is 352 g/mol. The lowest BCUT2D eigenvalue weighted by molar-refractivity contribution is 0.0989. The van der Waals surface area contributed by atoms with Gasteiger partial charge in [-0.25, -0.2) is 0 Å². The standard InChI is InChI=1S/C14H20BrClO3/c1-3-5-17-6-7-19-14-12(15)8-11(10-16)9-13(14)18-4-2/h8-9H,3-7,10H2,1-2H3. The highest BCUT2D eigenvalue weighted by atomic mass is 79.9. The van der Waals surface area contributed by atoms with Crippen molar-refractivity contribution < 1.29 is 14.2 Å². The van der Waals surface area contributed by atoms with Crippen LogP contribution < -0.4 is 9.47 Å². The Kier molecular flexibility index (Phi) is 8.26. The van der Waals surface area contributed by atoms with Gasteiger partial charge >= 0.3 is 0 Å². The van der Waals surface area contributed by atoms with Gasteiger partial charge < -0.3 is 14.2 Å². The smallest absolute Gasteiger partial charge is 0.175 e. The van der Waals surface area contributed by atoms with Crippen LogP contribution in [0, 0.1) is 0 Å². The molecule has 0 bridgehead atoms. The second-order valence-corrected chi connectivity index (χ2v) is 5.05. The molecule has 0 atom stereocenters. The molecule has 0 saturated heterocycles. The van der Waals surface area contributed by atoms with Crippen LogP contribution in [0.4, 0.5) is 0 Å². The number of benzene rings is 1. The molecule has 1 aromatic rings. The quantitative estimate of drug-likeness (QED) is 0.488. The van der Waals surface area contributed by atoms with Crippen molar-refractivity contribution >= 4 is 27.5 Å². The molecule has 1 aromatic carbocycles. The summed E-state index contributed by atoms with van der Waals surface area (Å²) in [5.74, 6) is 1.86. The summed E-state index contributed by atoms with van der Waals surface area (Å²) in [5, 5.41) is 0. The minimum atomic E-state index is 0.443. The molecular formula is C14H20BrClO3. The zero-order valence-corrected chi connectivity index (χ0v) is 13.7. The highest BCUT2D eigenvalue weighted by Crippen LogP contribution is 2.37. The van der Waals surface area contributed by atoms with Crippen molar-refractivity contribution in [3.05, 3.63) is 22.2 Å². The van der Waals surface area contributed by atoms with Crippen molar-refractivity contribution in [3.63, 3.8) is 0 Å². The van der Waals surface area contributed by atoms with Crippen LogP contribution in [-0.2, 0) is 10.6 Å². The normalized spacial score (nSPS) is 10.5. The molecule has 0 aliphatic heterocycles. The van der Waals surface area contributed by atoms with Crippen LogP contribution in [0.3, 0.4) is 0 Å². The Hall–Kier alpha value is -0.450. The number of alkyl halides is 1. The lowest BCUT2D eigenvalue weighted by Gasteiger charge is -2.15. The molecule has 0 aliphatic carbocycles. The largest absolute Gasteiger partial charge is 0.490 e. The van der Waals surface area contributed by atoms with Gasteiger partial charge in [0.15, 0.2) is 11.5 Å². The molecule has 0 saturated carbocycles. The van der Waals surface area contributed by atoms with Gasteiger partial charge in [-0.05, 0) is 47.0 Å². The second-order valence-electron chi connectivity index (χ2n) is 3.93. The van der Waals surface area contributed by atoms with Crippen LogP contribution in [-0.4, -0.2) is 26.4 Å². The molecule has 108 valence electrons. The maximum Gasteiger partial charge on any atom is 0.175 e. The molecule has 0 amide bonds. The van der Waals surface area contributed by atoms with Crippen molar-refractivity contribution in [1.82, 2.24) is 0 Å². The first-order valence-corrected chi connectivity index (χ1v) is 7.77. The Bertz CT molecular complexity index is 385. The van der Waals surface area contributed by atoms with Crippen LogP contribution in [0.2, 0.25) is 0 Å². The molecule has 0 N–H and O–H groups in total. The summed E-state index contributed by atoms with van der Waals surface area (Å²) in [4.78, 5) is 0. The third kappa shape index (κ3) is 5.59. The SMILES string of the molecule is CCCOCCOc1c(Br)cc(CCl)cc1OCC. The van der Waals surface area contributed by atoms with Gasteiger partial charge in [0.1, 0.15) is 6.61 Å². The lowest BCUT2D eigenvalue weighted by Crippen LogP contribution is -2.08. The summed E-state index contributed by atoms with van der Waals surface area (Å²) in [5.41, 5.74) is 0.992. The number of hydrogen-bond donors (Lipinski definition) is 0. The van der Waals surface area contributed by atoms with Gasteiger partial charge in [-0.3, -0.25) is 0 Å². The number of hydrogen-bond acceptors (Lipinski definition) is 3. The first kappa shape index (κ1) is 16.6. The topological polar surface area (TPSA) is 27.7 Å². The zero-order valence-electron chi connectivity index (χ0n) is 11.4. The highest BCUT2D eigenvalue weighted by Gasteiger charge is 2.11. The molecule has 0 unspecified atom stereocenters. The van der Waals surface area contributed by atoms with Crippen LogP contribution in [0.25, 0.3) is 0 Å². The van der Waals surface area contributed by atoms with Gasteiger partial charge in [0.25, 0.3) is 0 Å². The van der Waals surface area contributed by atoms with E-state index < -0.39 is 0 Å². The lowest BCUT2D eigenvalue weighted by atomic mass is 10.2. The van der Waals surface area contributed by atoms with Crippen molar-refractivity contribution in [3.8, 4) is 11.5 Å². The van der Waals surface area contributed by atoms with E-state index in [9.17, 15) is 0 Å². The van der Waals surface area contributed by atoms with E-state index in [2.05, 4.69) is 22.9 Å². The van der Waals surface area contributed by atoms with Gasteiger partial charge in [0.05, 0.1) is 17.7 Å². The van der Waals surface area contributed by atoms with Gasteiger partial charge in [-0.1, -0.05) is 6.92 Å². The maximum atomic E-state index is 5.85. The Labute approximate surface area is 128 Å². The Balaban J connectivity index is 2.68. The monoisotopic (exact) mass is 350 g/mol. The molecule has 0 fully saturated rings. The highest BCUT2D eigenvalue weighted by molar-refractivity contribution is 9.10. The summed E-state index contributed by atoms with van der Waals surface area (Å²) in [6.45, 7) is 6.43. The van der Waals surface area contributed by atoms with Gasteiger partial charge in [0.2, 0.25) is 0 Å². The Morgan fingerprint density at radius 3 is 2.53 bits per heavy atom. The number of rotatable bonds is 9.